The van der Waals surface area contributed by atoms with Crippen molar-refractivity contribution in [3.63, 3.8) is 0 Å². The monoisotopic (exact) mass is 228 g/mol. The van der Waals surface area contributed by atoms with Crippen molar-refractivity contribution in [1.29, 1.82) is 0 Å². The molecule has 1 heterocycles. The first-order valence-corrected chi connectivity index (χ1v) is 5.86. The maximum absolute atomic E-state index is 11.9. The van der Waals surface area contributed by atoms with E-state index in [1.54, 1.807) is 17.0 Å². The van der Waals surface area contributed by atoms with E-state index in [9.17, 15) is 4.79 Å². The predicted octanol–water partition coefficient (Wildman–Crippen LogP) is 2.88. The van der Waals surface area contributed by atoms with Crippen LogP contribution in [0.25, 0.3) is 11.3 Å². The summed E-state index contributed by atoms with van der Waals surface area (Å²) in [7, 11) is 0. The lowest BCUT2D eigenvalue weighted by molar-refractivity contribution is 0.507. The Morgan fingerprint density at radius 2 is 2.00 bits per heavy atom. The number of hydrogen-bond acceptors (Lipinski definition) is 2. The Labute approximate surface area is 101 Å². The van der Waals surface area contributed by atoms with E-state index in [0.29, 0.717) is 0 Å². The fraction of sp³-hybridized carbons (Fsp3) is 0.286. The van der Waals surface area contributed by atoms with E-state index in [4.69, 9.17) is 0 Å². The molecule has 0 aliphatic heterocycles. The van der Waals surface area contributed by atoms with Gasteiger partial charge in [0.25, 0.3) is 5.56 Å². The maximum Gasteiger partial charge on any atom is 0.254 e. The molecule has 0 saturated heterocycles. The predicted molar refractivity (Wildman–Crippen MR) is 68.9 cm³/mol. The van der Waals surface area contributed by atoms with Crippen LogP contribution in [0.4, 0.5) is 0 Å². The van der Waals surface area contributed by atoms with Gasteiger partial charge in [0.1, 0.15) is 0 Å². The van der Waals surface area contributed by atoms with Crippen LogP contribution < -0.4 is 5.56 Å². The number of aromatic nitrogens is 2. The molecule has 0 N–H and O–H groups in total. The third-order valence-electron chi connectivity index (χ3n) is 2.97. The minimum absolute atomic E-state index is 0.00760. The van der Waals surface area contributed by atoms with Crippen LogP contribution in [0.3, 0.4) is 0 Å². The number of nitrogens with zero attached hydrogens (tertiary/aromatic N) is 2. The molecule has 2 aromatic rings. The van der Waals surface area contributed by atoms with Gasteiger partial charge in [0.05, 0.1) is 12.0 Å². The van der Waals surface area contributed by atoms with Crippen molar-refractivity contribution in [3.8, 4) is 11.3 Å². The molecule has 0 aliphatic carbocycles. The van der Waals surface area contributed by atoms with E-state index >= 15 is 0 Å². The minimum Gasteiger partial charge on any atom is -0.296 e. The summed E-state index contributed by atoms with van der Waals surface area (Å²) in [5.41, 5.74) is 1.71. The lowest BCUT2D eigenvalue weighted by Crippen LogP contribution is -2.22. The van der Waals surface area contributed by atoms with Crippen LogP contribution >= 0.6 is 0 Å². The first kappa shape index (κ1) is 11.6. The van der Waals surface area contributed by atoms with Crippen LogP contribution in [0.15, 0.2) is 47.5 Å². The first-order chi connectivity index (χ1) is 8.22. The molecule has 17 heavy (non-hydrogen) atoms. The Morgan fingerprint density at radius 3 is 2.59 bits per heavy atom. The van der Waals surface area contributed by atoms with Gasteiger partial charge in [-0.25, -0.2) is 4.98 Å². The summed E-state index contributed by atoms with van der Waals surface area (Å²) < 4.78 is 1.67. The zero-order valence-corrected chi connectivity index (χ0v) is 10.1. The van der Waals surface area contributed by atoms with Crippen molar-refractivity contribution in [2.75, 3.05) is 0 Å². The molecule has 1 aromatic heterocycles. The minimum atomic E-state index is 0.00760. The highest BCUT2D eigenvalue weighted by molar-refractivity contribution is 5.57. The van der Waals surface area contributed by atoms with Crippen LogP contribution in [0.1, 0.15) is 26.3 Å². The van der Waals surface area contributed by atoms with E-state index in [-0.39, 0.29) is 11.6 Å². The molecular formula is C14H16N2O. The van der Waals surface area contributed by atoms with Crippen molar-refractivity contribution < 1.29 is 0 Å². The summed E-state index contributed by atoms with van der Waals surface area (Å²) in [6, 6.07) is 11.5. The molecule has 1 aromatic carbocycles. The van der Waals surface area contributed by atoms with Crippen LogP contribution in [0, 0.1) is 0 Å². The second-order valence-corrected chi connectivity index (χ2v) is 4.14. The van der Waals surface area contributed by atoms with Crippen LogP contribution in [0.2, 0.25) is 0 Å². The average molecular weight is 228 g/mol. The Morgan fingerprint density at radius 1 is 1.29 bits per heavy atom. The van der Waals surface area contributed by atoms with Gasteiger partial charge in [-0.2, -0.15) is 0 Å². The van der Waals surface area contributed by atoms with Gasteiger partial charge in [-0.3, -0.25) is 9.36 Å². The van der Waals surface area contributed by atoms with Gasteiger partial charge in [-0.15, -0.1) is 0 Å². The average Bonchev–Trinajstić information content (AvgIpc) is 2.39. The van der Waals surface area contributed by atoms with Gasteiger partial charge in [-0.05, 0) is 13.3 Å². The van der Waals surface area contributed by atoms with Crippen LogP contribution in [-0.4, -0.2) is 9.55 Å². The third kappa shape index (κ3) is 2.44. The summed E-state index contributed by atoms with van der Waals surface area (Å²) >= 11 is 0. The lowest BCUT2D eigenvalue weighted by Gasteiger charge is -2.12. The molecule has 0 unspecified atom stereocenters. The topological polar surface area (TPSA) is 34.9 Å². The van der Waals surface area contributed by atoms with E-state index in [0.717, 1.165) is 17.7 Å². The van der Waals surface area contributed by atoms with Crippen molar-refractivity contribution >= 4 is 0 Å². The summed E-state index contributed by atoms with van der Waals surface area (Å²) in [5.74, 6) is 0. The SMILES string of the molecule is CC[C@H](C)n1cnc(-c2ccccc2)cc1=O. The Hall–Kier alpha value is -1.90. The quantitative estimate of drug-likeness (QED) is 0.809. The Kier molecular flexibility index (Phi) is 3.38. The number of benzene rings is 1. The highest BCUT2D eigenvalue weighted by Gasteiger charge is 2.06. The van der Waals surface area contributed by atoms with Gasteiger partial charge < -0.3 is 0 Å². The van der Waals surface area contributed by atoms with Gasteiger partial charge in [0, 0.05) is 17.7 Å². The third-order valence-corrected chi connectivity index (χ3v) is 2.97. The Bertz CT molecular complexity index is 546. The molecule has 3 heteroatoms. The van der Waals surface area contributed by atoms with Crippen molar-refractivity contribution in [2.24, 2.45) is 0 Å². The standard InChI is InChI=1S/C14H16N2O/c1-3-11(2)16-10-15-13(9-14(16)17)12-7-5-4-6-8-12/h4-11H,3H2,1-2H3/t11-/m0/s1. The van der Waals surface area contributed by atoms with Crippen molar-refractivity contribution in [1.82, 2.24) is 9.55 Å². The molecular weight excluding hydrogens is 212 g/mol. The van der Waals surface area contributed by atoms with Crippen LogP contribution in [0.5, 0.6) is 0 Å². The van der Waals surface area contributed by atoms with Crippen LogP contribution in [-0.2, 0) is 0 Å². The summed E-state index contributed by atoms with van der Waals surface area (Å²) in [5, 5.41) is 0. The largest absolute Gasteiger partial charge is 0.296 e. The number of rotatable bonds is 3. The zero-order valence-electron chi connectivity index (χ0n) is 10.1. The smallest absolute Gasteiger partial charge is 0.254 e. The molecule has 0 radical (unpaired) electrons. The van der Waals surface area contributed by atoms with E-state index in [2.05, 4.69) is 11.9 Å². The summed E-state index contributed by atoms with van der Waals surface area (Å²) in [4.78, 5) is 16.3. The molecule has 0 bridgehead atoms. The van der Waals surface area contributed by atoms with Gasteiger partial charge in [0.15, 0.2) is 0 Å². The van der Waals surface area contributed by atoms with Gasteiger partial charge >= 0.3 is 0 Å². The van der Waals surface area contributed by atoms with E-state index < -0.39 is 0 Å². The Balaban J connectivity index is 2.42. The van der Waals surface area contributed by atoms with Gasteiger partial charge in [-0.1, -0.05) is 37.3 Å². The zero-order chi connectivity index (χ0) is 12.3. The molecule has 1 atom stereocenters. The second-order valence-electron chi connectivity index (χ2n) is 4.14. The summed E-state index contributed by atoms with van der Waals surface area (Å²) in [6.07, 6.45) is 2.56. The highest BCUT2D eigenvalue weighted by Crippen LogP contribution is 2.14. The molecule has 0 spiro atoms. The molecule has 88 valence electrons. The summed E-state index contributed by atoms with van der Waals surface area (Å²) in [6.45, 7) is 4.08. The number of hydrogen-bond donors (Lipinski definition) is 0. The molecule has 3 nitrogen and oxygen atoms in total. The van der Waals surface area contributed by atoms with Gasteiger partial charge in [0.2, 0.25) is 0 Å². The fourth-order valence-electron chi connectivity index (χ4n) is 1.70. The van der Waals surface area contributed by atoms with Crippen molar-refractivity contribution in [2.45, 2.75) is 26.3 Å². The molecule has 0 saturated carbocycles. The molecule has 2 rings (SSSR count). The highest BCUT2D eigenvalue weighted by atomic mass is 16.1. The van der Waals surface area contributed by atoms with Crippen molar-refractivity contribution in [3.05, 3.63) is 53.1 Å². The molecule has 0 fully saturated rings. The lowest BCUT2D eigenvalue weighted by atomic mass is 10.1. The molecule has 0 aliphatic rings. The first-order valence-electron chi connectivity index (χ1n) is 5.86. The maximum atomic E-state index is 11.9. The molecule has 0 amide bonds. The fourth-order valence-corrected chi connectivity index (χ4v) is 1.70. The second kappa shape index (κ2) is 4.95. The normalized spacial score (nSPS) is 12.4. The van der Waals surface area contributed by atoms with E-state index in [1.807, 2.05) is 37.3 Å². The van der Waals surface area contributed by atoms with E-state index in [1.165, 1.54) is 0 Å².